The first-order valence-electron chi connectivity index (χ1n) is 23.6. The van der Waals surface area contributed by atoms with Crippen LogP contribution in [0.5, 0.6) is 0 Å². The number of fused-ring (bicyclic) bond motifs is 11. The molecule has 0 radical (unpaired) electrons. The van der Waals surface area contributed by atoms with Gasteiger partial charge in [0.15, 0.2) is 0 Å². The van der Waals surface area contributed by atoms with Gasteiger partial charge in [-0.05, 0) is 155 Å². The maximum atomic E-state index is 2.48. The summed E-state index contributed by atoms with van der Waals surface area (Å²) in [4.78, 5) is 2.39. The Morgan fingerprint density at radius 2 is 0.776 bits per heavy atom. The standard InChI is InChI=1S/C66H47N/c1-44-13-2-5-18-57(44)48-31-38-56(39-32-48)67(54-34-27-46(28-35-54)50-16-12-17-51(41-50)52-26-25-45-14-3-4-15-49(45)42-52)55-36-29-47(30-37-55)53-33-40-61-60-21-8-11-24-64(60)66(65(61)43-53)62-22-9-6-19-58(62)59-20-7-10-23-63(59)66/h2-44,57H,1H3. The Morgan fingerprint density at radius 3 is 1.37 bits per heavy atom. The first kappa shape index (κ1) is 39.1. The van der Waals surface area contributed by atoms with Gasteiger partial charge in [0, 0.05) is 23.0 Å². The van der Waals surface area contributed by atoms with E-state index in [0.29, 0.717) is 11.8 Å². The molecule has 0 saturated carbocycles. The molecule has 1 heteroatoms. The fourth-order valence-corrected chi connectivity index (χ4v) is 11.6. The van der Waals surface area contributed by atoms with E-state index in [4.69, 9.17) is 0 Å². The number of benzene rings is 10. The van der Waals surface area contributed by atoms with Gasteiger partial charge >= 0.3 is 0 Å². The molecule has 0 amide bonds. The molecule has 0 aromatic heterocycles. The maximum absolute atomic E-state index is 2.48. The predicted molar refractivity (Wildman–Crippen MR) is 281 cm³/mol. The van der Waals surface area contributed by atoms with Crippen molar-refractivity contribution >= 4 is 27.8 Å². The van der Waals surface area contributed by atoms with Crippen molar-refractivity contribution in [3.63, 3.8) is 0 Å². The molecule has 67 heavy (non-hydrogen) atoms. The molecule has 10 aromatic carbocycles. The van der Waals surface area contributed by atoms with Crippen LogP contribution in [0.25, 0.3) is 66.4 Å². The van der Waals surface area contributed by atoms with Crippen molar-refractivity contribution in [1.82, 2.24) is 0 Å². The summed E-state index contributed by atoms with van der Waals surface area (Å²) in [6.07, 6.45) is 8.97. The molecule has 0 N–H and O–H groups in total. The number of allylic oxidation sites excluding steroid dienone is 4. The van der Waals surface area contributed by atoms with Gasteiger partial charge in [-0.25, -0.2) is 0 Å². The van der Waals surface area contributed by atoms with Gasteiger partial charge in [-0.1, -0.05) is 207 Å². The molecule has 0 bridgehead atoms. The summed E-state index contributed by atoms with van der Waals surface area (Å²) in [6.45, 7) is 2.30. The summed E-state index contributed by atoms with van der Waals surface area (Å²) in [5.41, 5.74) is 22.3. The third-order valence-corrected chi connectivity index (χ3v) is 14.8. The maximum Gasteiger partial charge on any atom is 0.0725 e. The van der Waals surface area contributed by atoms with E-state index in [1.807, 2.05) is 0 Å². The zero-order valence-electron chi connectivity index (χ0n) is 37.4. The van der Waals surface area contributed by atoms with Gasteiger partial charge in [0.1, 0.15) is 0 Å². The quantitative estimate of drug-likeness (QED) is 0.154. The Bertz CT molecular complexity index is 3530. The summed E-state index contributed by atoms with van der Waals surface area (Å²) in [6, 6.07) is 86.0. The van der Waals surface area contributed by atoms with Gasteiger partial charge < -0.3 is 4.90 Å². The van der Waals surface area contributed by atoms with E-state index in [1.165, 1.54) is 94.2 Å². The van der Waals surface area contributed by atoms with E-state index >= 15 is 0 Å². The SMILES string of the molecule is CC1C=CC=CC1c1ccc(N(c2ccc(-c3cccc(-c4ccc5ccccc5c4)c3)cc2)c2ccc(-c3ccc4c(c3)C3(c5ccccc5-c5ccccc53)c3ccccc3-4)cc2)cc1. The normalized spacial score (nSPS) is 15.8. The summed E-state index contributed by atoms with van der Waals surface area (Å²) >= 11 is 0. The van der Waals surface area contributed by atoms with Crippen molar-refractivity contribution < 1.29 is 0 Å². The number of rotatable bonds is 7. The average Bonchev–Trinajstić information content (AvgIpc) is 3.87. The van der Waals surface area contributed by atoms with E-state index in [-0.39, 0.29) is 5.41 Å². The Labute approximate surface area is 393 Å². The molecule has 316 valence electrons. The lowest BCUT2D eigenvalue weighted by molar-refractivity contribution is 0.635. The van der Waals surface area contributed by atoms with Crippen molar-refractivity contribution in [1.29, 1.82) is 0 Å². The second-order valence-corrected chi connectivity index (χ2v) is 18.5. The topological polar surface area (TPSA) is 3.24 Å². The Morgan fingerprint density at radius 1 is 0.328 bits per heavy atom. The molecule has 2 atom stereocenters. The lowest BCUT2D eigenvalue weighted by atomic mass is 9.70. The van der Waals surface area contributed by atoms with Crippen LogP contribution in [-0.4, -0.2) is 0 Å². The average molecular weight is 854 g/mol. The number of anilines is 3. The lowest BCUT2D eigenvalue weighted by Crippen LogP contribution is -2.25. The molecule has 0 saturated heterocycles. The van der Waals surface area contributed by atoms with Crippen molar-refractivity contribution in [2.45, 2.75) is 18.3 Å². The van der Waals surface area contributed by atoms with Crippen molar-refractivity contribution in [3.8, 4) is 55.6 Å². The second-order valence-electron chi connectivity index (χ2n) is 18.5. The van der Waals surface area contributed by atoms with Crippen LogP contribution < -0.4 is 4.90 Å². The van der Waals surface area contributed by atoms with Crippen LogP contribution in [0.2, 0.25) is 0 Å². The van der Waals surface area contributed by atoms with E-state index in [0.717, 1.165) is 17.1 Å². The Kier molecular flexibility index (Phi) is 9.18. The fourth-order valence-electron chi connectivity index (χ4n) is 11.6. The van der Waals surface area contributed by atoms with Crippen LogP contribution in [0, 0.1) is 5.92 Å². The fraction of sp³-hybridized carbons (Fsp3) is 0.0606. The molecule has 10 aromatic rings. The molecule has 2 unspecified atom stereocenters. The number of hydrogen-bond donors (Lipinski definition) is 0. The van der Waals surface area contributed by atoms with Crippen molar-refractivity contribution in [2.75, 3.05) is 4.90 Å². The highest BCUT2D eigenvalue weighted by molar-refractivity contribution is 5.96. The highest BCUT2D eigenvalue weighted by Crippen LogP contribution is 2.63. The molecule has 0 fully saturated rings. The van der Waals surface area contributed by atoms with Crippen molar-refractivity contribution in [3.05, 3.63) is 283 Å². The number of nitrogens with zero attached hydrogens (tertiary/aromatic N) is 1. The first-order valence-corrected chi connectivity index (χ1v) is 23.6. The molecule has 3 aliphatic carbocycles. The summed E-state index contributed by atoms with van der Waals surface area (Å²) in [7, 11) is 0. The number of hydrogen-bond acceptors (Lipinski definition) is 1. The van der Waals surface area contributed by atoms with E-state index < -0.39 is 0 Å². The minimum Gasteiger partial charge on any atom is -0.311 e. The smallest absolute Gasteiger partial charge is 0.0725 e. The van der Waals surface area contributed by atoms with Crippen LogP contribution in [0.4, 0.5) is 17.1 Å². The van der Waals surface area contributed by atoms with Gasteiger partial charge in [0.25, 0.3) is 0 Å². The second kappa shape index (κ2) is 15.7. The van der Waals surface area contributed by atoms with Crippen LogP contribution in [-0.2, 0) is 5.41 Å². The Hall–Kier alpha value is -8.26. The highest BCUT2D eigenvalue weighted by atomic mass is 15.1. The Balaban J connectivity index is 0.875. The highest BCUT2D eigenvalue weighted by Gasteiger charge is 2.51. The molecule has 0 heterocycles. The zero-order chi connectivity index (χ0) is 44.5. The largest absolute Gasteiger partial charge is 0.311 e. The van der Waals surface area contributed by atoms with Gasteiger partial charge in [0.2, 0.25) is 0 Å². The zero-order valence-corrected chi connectivity index (χ0v) is 37.4. The summed E-state index contributed by atoms with van der Waals surface area (Å²) < 4.78 is 0. The first-order chi connectivity index (χ1) is 33.1. The van der Waals surface area contributed by atoms with Crippen molar-refractivity contribution in [2.24, 2.45) is 5.92 Å². The van der Waals surface area contributed by atoms with Crippen LogP contribution in [0.1, 0.15) is 40.7 Å². The minimum atomic E-state index is -0.372. The molecule has 1 spiro atoms. The molecule has 3 aliphatic rings. The van der Waals surface area contributed by atoms with Gasteiger partial charge in [-0.15, -0.1) is 0 Å². The van der Waals surface area contributed by atoms with E-state index in [1.54, 1.807) is 0 Å². The van der Waals surface area contributed by atoms with E-state index in [2.05, 4.69) is 267 Å². The third-order valence-electron chi connectivity index (χ3n) is 14.8. The van der Waals surface area contributed by atoms with Crippen LogP contribution >= 0.6 is 0 Å². The van der Waals surface area contributed by atoms with Crippen LogP contribution in [0.3, 0.4) is 0 Å². The minimum absolute atomic E-state index is 0.363. The van der Waals surface area contributed by atoms with Gasteiger partial charge in [0.05, 0.1) is 5.41 Å². The predicted octanol–water partition coefficient (Wildman–Crippen LogP) is 17.5. The molecular weight excluding hydrogens is 807 g/mol. The van der Waals surface area contributed by atoms with E-state index in [9.17, 15) is 0 Å². The molecule has 1 nitrogen and oxygen atoms in total. The third kappa shape index (κ3) is 6.30. The van der Waals surface area contributed by atoms with Gasteiger partial charge in [-0.2, -0.15) is 0 Å². The summed E-state index contributed by atoms with van der Waals surface area (Å²) in [5.74, 6) is 0.815. The van der Waals surface area contributed by atoms with Crippen LogP contribution in [0.15, 0.2) is 255 Å². The molecule has 13 rings (SSSR count). The molecular formula is C66H47N. The van der Waals surface area contributed by atoms with Gasteiger partial charge in [-0.3, -0.25) is 0 Å². The lowest BCUT2D eigenvalue weighted by Gasteiger charge is -2.30. The monoisotopic (exact) mass is 853 g/mol. The molecule has 0 aliphatic heterocycles. The summed E-state index contributed by atoms with van der Waals surface area (Å²) in [5, 5.41) is 2.51.